The molecule has 166 valence electrons. The van der Waals surface area contributed by atoms with E-state index in [0.717, 1.165) is 28.6 Å². The van der Waals surface area contributed by atoms with Crippen LogP contribution in [0.1, 0.15) is 25.2 Å². The zero-order chi connectivity index (χ0) is 22.8. The number of nitrogens with one attached hydrogen (secondary N) is 2. The number of carbonyl (C=O) groups is 1. The van der Waals surface area contributed by atoms with Crippen LogP contribution in [-0.2, 0) is 18.3 Å². The summed E-state index contributed by atoms with van der Waals surface area (Å²) in [6, 6.07) is 7.63. The normalized spacial score (nSPS) is 11.3. The molecule has 0 aliphatic carbocycles. The molecule has 2 N–H and O–H groups in total. The lowest BCUT2D eigenvalue weighted by atomic mass is 10.1. The van der Waals surface area contributed by atoms with Crippen molar-refractivity contribution in [1.82, 2.24) is 30.3 Å². The highest BCUT2D eigenvalue weighted by Crippen LogP contribution is 2.28. The van der Waals surface area contributed by atoms with E-state index in [4.69, 9.17) is 4.74 Å². The molecule has 0 spiro atoms. The van der Waals surface area contributed by atoms with Crippen LogP contribution in [0, 0.1) is 11.6 Å². The van der Waals surface area contributed by atoms with Crippen molar-refractivity contribution in [2.75, 3.05) is 6.61 Å². The minimum absolute atomic E-state index is 0.0624. The number of benzene rings is 2. The second-order valence-corrected chi connectivity index (χ2v) is 7.72. The summed E-state index contributed by atoms with van der Waals surface area (Å²) in [6.07, 6.45) is 2.19. The van der Waals surface area contributed by atoms with E-state index < -0.39 is 24.1 Å². The molecular formula is C22H22F2N6O2. The summed E-state index contributed by atoms with van der Waals surface area (Å²) in [6.45, 7) is 3.16. The highest BCUT2D eigenvalue weighted by atomic mass is 19.1. The Morgan fingerprint density at radius 3 is 2.81 bits per heavy atom. The van der Waals surface area contributed by atoms with Crippen molar-refractivity contribution in [2.45, 2.75) is 26.3 Å². The van der Waals surface area contributed by atoms with E-state index >= 15 is 0 Å². The van der Waals surface area contributed by atoms with Gasteiger partial charge in [-0.05, 0) is 37.6 Å². The second kappa shape index (κ2) is 8.74. The van der Waals surface area contributed by atoms with Gasteiger partial charge < -0.3 is 10.1 Å². The summed E-state index contributed by atoms with van der Waals surface area (Å²) in [5.41, 5.74) is 1.82. The molecule has 0 aliphatic heterocycles. The molecule has 0 radical (unpaired) electrons. The number of H-pyrrole nitrogens is 1. The lowest BCUT2D eigenvalue weighted by Crippen LogP contribution is -2.34. The predicted molar refractivity (Wildman–Crippen MR) is 114 cm³/mol. The van der Waals surface area contributed by atoms with E-state index in [1.807, 2.05) is 18.2 Å². The van der Waals surface area contributed by atoms with Crippen molar-refractivity contribution in [3.8, 4) is 17.1 Å². The third-order valence-corrected chi connectivity index (χ3v) is 4.79. The van der Waals surface area contributed by atoms with Crippen molar-refractivity contribution < 1.29 is 18.3 Å². The minimum atomic E-state index is -0.807. The summed E-state index contributed by atoms with van der Waals surface area (Å²) in [5, 5.41) is 14.7. The van der Waals surface area contributed by atoms with Gasteiger partial charge in [-0.2, -0.15) is 10.2 Å². The zero-order valence-corrected chi connectivity index (χ0v) is 17.8. The number of aryl methyl sites for hydroxylation is 1. The van der Waals surface area contributed by atoms with Crippen LogP contribution in [0.25, 0.3) is 22.3 Å². The van der Waals surface area contributed by atoms with Crippen LogP contribution in [0.3, 0.4) is 0 Å². The first-order valence-corrected chi connectivity index (χ1v) is 10.0. The van der Waals surface area contributed by atoms with Gasteiger partial charge in [-0.3, -0.25) is 14.6 Å². The van der Waals surface area contributed by atoms with Gasteiger partial charge in [0.25, 0.3) is 5.91 Å². The fraction of sp³-hybridized carbons (Fsp3) is 0.273. The Bertz CT molecular complexity index is 1280. The molecule has 10 heteroatoms. The van der Waals surface area contributed by atoms with E-state index in [1.165, 1.54) is 4.68 Å². The third-order valence-electron chi connectivity index (χ3n) is 4.79. The van der Waals surface area contributed by atoms with Crippen LogP contribution in [0.5, 0.6) is 5.75 Å². The molecule has 8 nitrogen and oxygen atoms in total. The first-order valence-electron chi connectivity index (χ1n) is 10.0. The molecule has 0 atom stereocenters. The van der Waals surface area contributed by atoms with Crippen LogP contribution in [0.4, 0.5) is 8.78 Å². The first kappa shape index (κ1) is 21.4. The average Bonchev–Trinajstić information content (AvgIpc) is 3.34. The highest BCUT2D eigenvalue weighted by molar-refractivity contribution is 5.78. The molecular weight excluding hydrogens is 418 g/mol. The Labute approximate surface area is 182 Å². The molecule has 4 rings (SSSR count). The van der Waals surface area contributed by atoms with Crippen molar-refractivity contribution in [3.05, 3.63) is 59.6 Å². The molecule has 2 aromatic carbocycles. The zero-order valence-electron chi connectivity index (χ0n) is 17.8. The first-order chi connectivity index (χ1) is 15.3. The van der Waals surface area contributed by atoms with Gasteiger partial charge in [0.1, 0.15) is 11.6 Å². The van der Waals surface area contributed by atoms with Crippen molar-refractivity contribution >= 4 is 16.8 Å². The van der Waals surface area contributed by atoms with Crippen LogP contribution < -0.4 is 10.1 Å². The quantitative estimate of drug-likeness (QED) is 0.460. The number of fused-ring (bicyclic) bond motifs is 1. The summed E-state index contributed by atoms with van der Waals surface area (Å²) in [7, 11) is 1.70. The Balaban J connectivity index is 1.53. The Kier molecular flexibility index (Phi) is 5.85. The van der Waals surface area contributed by atoms with Gasteiger partial charge in [-0.1, -0.05) is 6.07 Å². The predicted octanol–water partition coefficient (Wildman–Crippen LogP) is 3.13. The molecule has 1 amide bonds. The van der Waals surface area contributed by atoms with E-state index in [2.05, 4.69) is 25.6 Å². The molecule has 0 saturated carbocycles. The Morgan fingerprint density at radius 2 is 2.03 bits per heavy atom. The van der Waals surface area contributed by atoms with Crippen molar-refractivity contribution in [2.24, 2.45) is 7.05 Å². The largest absolute Gasteiger partial charge is 0.481 e. The topological polar surface area (TPSA) is 97.7 Å². The Morgan fingerprint density at radius 1 is 1.22 bits per heavy atom. The lowest BCUT2D eigenvalue weighted by Gasteiger charge is -2.11. The van der Waals surface area contributed by atoms with Crippen LogP contribution in [0.15, 0.2) is 36.5 Å². The van der Waals surface area contributed by atoms with Crippen LogP contribution in [-0.4, -0.2) is 43.5 Å². The third kappa shape index (κ3) is 4.58. The maximum Gasteiger partial charge on any atom is 0.258 e. The molecule has 0 bridgehead atoms. The van der Waals surface area contributed by atoms with Crippen LogP contribution >= 0.6 is 0 Å². The van der Waals surface area contributed by atoms with Gasteiger partial charge in [0.15, 0.2) is 24.0 Å². The summed E-state index contributed by atoms with van der Waals surface area (Å²) >= 11 is 0. The number of rotatable bonds is 7. The van der Waals surface area contributed by atoms with E-state index in [1.54, 1.807) is 27.1 Å². The van der Waals surface area contributed by atoms with Gasteiger partial charge in [0, 0.05) is 31.0 Å². The van der Waals surface area contributed by atoms with E-state index in [0.29, 0.717) is 12.2 Å². The average molecular weight is 440 g/mol. The monoisotopic (exact) mass is 440 g/mol. The van der Waals surface area contributed by atoms with Crippen molar-refractivity contribution in [1.29, 1.82) is 0 Å². The van der Waals surface area contributed by atoms with E-state index in [9.17, 15) is 13.6 Å². The number of aromatic amines is 1. The summed E-state index contributed by atoms with van der Waals surface area (Å²) < 4.78 is 35.9. The molecule has 4 aromatic rings. The lowest BCUT2D eigenvalue weighted by molar-refractivity contribution is -0.123. The second-order valence-electron chi connectivity index (χ2n) is 7.72. The van der Waals surface area contributed by atoms with Crippen molar-refractivity contribution in [3.63, 3.8) is 0 Å². The number of hydrogen-bond acceptors (Lipinski definition) is 5. The fourth-order valence-corrected chi connectivity index (χ4v) is 3.29. The molecule has 0 unspecified atom stereocenters. The number of halogens is 2. The minimum Gasteiger partial charge on any atom is -0.481 e. The van der Waals surface area contributed by atoms with Gasteiger partial charge >= 0.3 is 0 Å². The molecule has 2 aromatic heterocycles. The number of aromatic nitrogens is 5. The number of amides is 1. The molecule has 2 heterocycles. The maximum atomic E-state index is 14.7. The van der Waals surface area contributed by atoms with Gasteiger partial charge in [-0.25, -0.2) is 13.8 Å². The maximum absolute atomic E-state index is 14.7. The number of hydrogen-bond donors (Lipinski definition) is 2. The molecule has 0 aliphatic rings. The number of ether oxygens (including phenoxy) is 1. The molecule has 32 heavy (non-hydrogen) atoms. The standard InChI is InChI=1S/C22H22F2N6O2/c1-12(2)26-21(31)11-32-19-9-16(23)15(8-17(19)24)22-27-20(30(3)29-22)7-13-4-5-18-14(6-13)10-25-28-18/h4-6,8-10,12H,7,11H2,1-3H3,(H,25,28)(H,26,31). The van der Waals surface area contributed by atoms with E-state index in [-0.39, 0.29) is 23.2 Å². The van der Waals surface area contributed by atoms with Crippen LogP contribution in [0.2, 0.25) is 0 Å². The highest BCUT2D eigenvalue weighted by Gasteiger charge is 2.18. The fourth-order valence-electron chi connectivity index (χ4n) is 3.29. The SMILES string of the molecule is CC(C)NC(=O)COc1cc(F)c(-c2nc(Cc3ccc4[nH]ncc4c3)n(C)n2)cc1F. The number of carbonyl (C=O) groups excluding carboxylic acids is 1. The van der Waals surface area contributed by atoms with Gasteiger partial charge in [0.05, 0.1) is 17.3 Å². The summed E-state index contributed by atoms with van der Waals surface area (Å²) in [5.74, 6) is -1.68. The molecule has 0 saturated heterocycles. The van der Waals surface area contributed by atoms with Gasteiger partial charge in [0.2, 0.25) is 0 Å². The molecule has 0 fully saturated rings. The Hall–Kier alpha value is -3.82. The number of nitrogens with zero attached hydrogens (tertiary/aromatic N) is 4. The smallest absolute Gasteiger partial charge is 0.258 e. The van der Waals surface area contributed by atoms with Gasteiger partial charge in [-0.15, -0.1) is 0 Å². The summed E-state index contributed by atoms with van der Waals surface area (Å²) in [4.78, 5) is 16.1.